The number of likely N-dealkylation sites (tertiary alicyclic amines) is 1. The van der Waals surface area contributed by atoms with E-state index in [2.05, 4.69) is 4.98 Å². The molecule has 2 bridgehead atoms. The van der Waals surface area contributed by atoms with Crippen LogP contribution in [0.25, 0.3) is 5.57 Å². The van der Waals surface area contributed by atoms with Crippen LogP contribution >= 0.6 is 0 Å². The van der Waals surface area contributed by atoms with Gasteiger partial charge in [-0.1, -0.05) is 140 Å². The van der Waals surface area contributed by atoms with Gasteiger partial charge < -0.3 is 9.84 Å². The predicted molar refractivity (Wildman–Crippen MR) is 210 cm³/mol. The lowest BCUT2D eigenvalue weighted by Crippen LogP contribution is -2.54. The number of imide groups is 1. The molecule has 1 saturated carbocycles. The fourth-order valence-electron chi connectivity index (χ4n) is 9.29. The van der Waals surface area contributed by atoms with Crippen LogP contribution in [0.4, 0.5) is 0 Å². The molecule has 5 unspecified atom stereocenters. The Labute approximate surface area is 324 Å². The zero-order valence-electron chi connectivity index (χ0n) is 30.5. The fourth-order valence-corrected chi connectivity index (χ4v) is 9.29. The number of benzene rings is 4. The third kappa shape index (κ3) is 5.28. The molecule has 8 heteroatoms. The van der Waals surface area contributed by atoms with Crippen LogP contribution in [-0.2, 0) is 30.4 Å². The van der Waals surface area contributed by atoms with Crippen molar-refractivity contribution in [2.24, 2.45) is 23.7 Å². The number of fused-ring (bicyclic) bond motifs is 5. The average molecular weight is 736 g/mol. The second-order valence-corrected chi connectivity index (χ2v) is 14.4. The summed E-state index contributed by atoms with van der Waals surface area (Å²) in [7, 11) is 0. The molecule has 9 rings (SSSR count). The topological polar surface area (TPSA) is 110 Å². The van der Waals surface area contributed by atoms with Crippen LogP contribution in [0.3, 0.4) is 0 Å². The van der Waals surface area contributed by atoms with E-state index in [0.717, 1.165) is 16.7 Å². The molecular formula is C48H37N3O5. The third-order valence-corrected chi connectivity index (χ3v) is 11.4. The fraction of sp³-hybridized carbons (Fsp3) is 0.146. The number of allylic oxidation sites excluding steroid dienone is 2. The van der Waals surface area contributed by atoms with Gasteiger partial charge in [-0.05, 0) is 46.5 Å². The molecule has 0 radical (unpaired) electrons. The number of carbonyl (C=O) groups is 3. The van der Waals surface area contributed by atoms with Crippen LogP contribution in [0.5, 0.6) is 0 Å². The number of aromatic nitrogens is 2. The van der Waals surface area contributed by atoms with E-state index in [4.69, 9.17) is 9.72 Å². The minimum Gasteiger partial charge on any atom is -0.430 e. The smallest absolute Gasteiger partial charge is 0.305 e. The summed E-state index contributed by atoms with van der Waals surface area (Å²) in [5.74, 6) is -4.89. The molecule has 2 fully saturated rings. The van der Waals surface area contributed by atoms with Crippen LogP contribution < -0.4 is 0 Å². The largest absolute Gasteiger partial charge is 0.430 e. The number of aliphatic hydroxyl groups is 1. The van der Waals surface area contributed by atoms with Gasteiger partial charge in [-0.2, -0.15) is 0 Å². The third-order valence-electron chi connectivity index (χ3n) is 11.4. The number of hydrogen-bond acceptors (Lipinski definition) is 7. The molecule has 8 nitrogen and oxygen atoms in total. The van der Waals surface area contributed by atoms with Crippen molar-refractivity contribution in [2.75, 3.05) is 0 Å². The van der Waals surface area contributed by atoms with E-state index < -0.39 is 52.8 Å². The molecule has 2 aliphatic carbocycles. The highest BCUT2D eigenvalue weighted by molar-refractivity contribution is 6.09. The Morgan fingerprint density at radius 1 is 0.643 bits per heavy atom. The number of amides is 2. The van der Waals surface area contributed by atoms with E-state index in [1.165, 1.54) is 11.8 Å². The molecule has 5 atom stereocenters. The van der Waals surface area contributed by atoms with Crippen molar-refractivity contribution in [3.05, 3.63) is 221 Å². The Morgan fingerprint density at radius 2 is 1.16 bits per heavy atom. The van der Waals surface area contributed by atoms with Crippen LogP contribution in [0.15, 0.2) is 187 Å². The maximum atomic E-state index is 15.7. The van der Waals surface area contributed by atoms with Crippen molar-refractivity contribution in [2.45, 2.75) is 18.2 Å². The van der Waals surface area contributed by atoms with E-state index in [1.807, 2.05) is 103 Å². The first kappa shape index (κ1) is 35.0. The van der Waals surface area contributed by atoms with Gasteiger partial charge in [-0.15, -0.1) is 0 Å². The molecule has 56 heavy (non-hydrogen) atoms. The van der Waals surface area contributed by atoms with E-state index in [1.54, 1.807) is 73.1 Å². The summed E-state index contributed by atoms with van der Waals surface area (Å²) in [6, 6.07) is 48.1. The summed E-state index contributed by atoms with van der Waals surface area (Å²) in [5, 5.41) is 13.3. The van der Waals surface area contributed by atoms with Crippen molar-refractivity contribution in [3.63, 3.8) is 0 Å². The Hall–Kier alpha value is -6.77. The summed E-state index contributed by atoms with van der Waals surface area (Å²) >= 11 is 0. The number of ether oxygens (including phenoxy) is 1. The molecule has 1 aliphatic heterocycles. The van der Waals surface area contributed by atoms with Gasteiger partial charge in [0.1, 0.15) is 0 Å². The molecule has 3 aliphatic rings. The van der Waals surface area contributed by atoms with Crippen molar-refractivity contribution in [1.29, 1.82) is 0 Å². The van der Waals surface area contributed by atoms with E-state index in [-0.39, 0.29) is 0 Å². The van der Waals surface area contributed by atoms with Gasteiger partial charge in [-0.3, -0.25) is 24.4 Å². The highest BCUT2D eigenvalue weighted by atomic mass is 16.6. The van der Waals surface area contributed by atoms with E-state index in [9.17, 15) is 9.90 Å². The minimum absolute atomic E-state index is 0.386. The van der Waals surface area contributed by atoms with Gasteiger partial charge in [0.2, 0.25) is 17.5 Å². The zero-order chi connectivity index (χ0) is 38.4. The normalized spacial score (nSPS) is 22.0. The summed E-state index contributed by atoms with van der Waals surface area (Å²) in [4.78, 5) is 55.0. The quantitative estimate of drug-likeness (QED) is 0.0933. The molecular weight excluding hydrogens is 699 g/mol. The molecule has 2 amide bonds. The van der Waals surface area contributed by atoms with Crippen molar-refractivity contribution in [3.8, 4) is 0 Å². The highest BCUT2D eigenvalue weighted by Gasteiger charge is 2.70. The van der Waals surface area contributed by atoms with Crippen molar-refractivity contribution >= 4 is 23.4 Å². The molecule has 4 aromatic carbocycles. The zero-order valence-corrected chi connectivity index (χ0v) is 30.5. The summed E-state index contributed by atoms with van der Waals surface area (Å²) < 4.78 is 6.28. The number of carbonyl (C=O) groups excluding carboxylic acids is 3. The summed E-state index contributed by atoms with van der Waals surface area (Å²) in [5.41, 5.74) is 1.88. The van der Waals surface area contributed by atoms with Gasteiger partial charge in [-0.25, -0.2) is 4.90 Å². The Morgan fingerprint density at radius 3 is 1.70 bits per heavy atom. The van der Waals surface area contributed by atoms with Gasteiger partial charge in [0.15, 0.2) is 5.60 Å². The molecule has 1 saturated heterocycles. The van der Waals surface area contributed by atoms with Crippen molar-refractivity contribution in [1.82, 2.24) is 14.9 Å². The number of esters is 1. The first-order valence-corrected chi connectivity index (χ1v) is 18.7. The first-order valence-electron chi connectivity index (χ1n) is 18.7. The van der Waals surface area contributed by atoms with Crippen LogP contribution in [-0.4, -0.2) is 37.8 Å². The lowest BCUT2D eigenvalue weighted by atomic mass is 9.71. The highest BCUT2D eigenvalue weighted by Crippen LogP contribution is 2.65. The minimum atomic E-state index is -1.91. The standard InChI is InChI=1S/C48H37N3O5/c1-31(52)56-48(34-22-10-4-11-23-34,35-24-12-5-13-25-35)51-45(53)42-36-30-37(47(55,33-20-8-3-9-21-33)39-27-15-17-29-50-39)43(44(42)46(51)54)41(36)40(32-18-6-2-7-19-32)38-26-14-16-28-49-38/h2-30,36,42-44,55H,1H3. The maximum absolute atomic E-state index is 15.7. The second-order valence-electron chi connectivity index (χ2n) is 14.4. The first-order chi connectivity index (χ1) is 27.4. The molecule has 1 N–H and O–H groups in total. The molecule has 274 valence electrons. The van der Waals surface area contributed by atoms with Crippen LogP contribution in [0.1, 0.15) is 40.6 Å². The number of rotatable bonds is 9. The molecule has 2 aromatic heterocycles. The predicted octanol–water partition coefficient (Wildman–Crippen LogP) is 7.47. The monoisotopic (exact) mass is 735 g/mol. The van der Waals surface area contributed by atoms with Gasteiger partial charge in [0.05, 0.1) is 23.2 Å². The lowest BCUT2D eigenvalue weighted by molar-refractivity contribution is -0.183. The summed E-state index contributed by atoms with van der Waals surface area (Å²) in [6.45, 7) is 1.28. The average Bonchev–Trinajstić information content (AvgIpc) is 3.87. The van der Waals surface area contributed by atoms with Gasteiger partial charge in [0.25, 0.3) is 0 Å². The van der Waals surface area contributed by atoms with Crippen molar-refractivity contribution < 1.29 is 24.2 Å². The maximum Gasteiger partial charge on any atom is 0.305 e. The summed E-state index contributed by atoms with van der Waals surface area (Å²) in [6.07, 6.45) is 5.34. The van der Waals surface area contributed by atoms with Gasteiger partial charge in [0, 0.05) is 47.9 Å². The Balaban J connectivity index is 1.32. The Kier molecular flexibility index (Phi) is 8.63. The molecule has 3 heterocycles. The number of nitrogens with zero attached hydrogens (tertiary/aromatic N) is 3. The molecule has 0 spiro atoms. The Bertz CT molecular complexity index is 2370. The van der Waals surface area contributed by atoms with Crippen LogP contribution in [0.2, 0.25) is 0 Å². The number of pyridine rings is 2. The number of hydrogen-bond donors (Lipinski definition) is 1. The van der Waals surface area contributed by atoms with Crippen LogP contribution in [0, 0.1) is 23.7 Å². The lowest BCUT2D eigenvalue weighted by Gasteiger charge is -2.41. The van der Waals surface area contributed by atoms with Gasteiger partial charge >= 0.3 is 5.97 Å². The molecule has 6 aromatic rings. The second kappa shape index (κ2) is 13.8. The van der Waals surface area contributed by atoms with E-state index >= 15 is 9.59 Å². The SMILES string of the molecule is CC(=O)OC(c1ccccc1)(c1ccccc1)N1C(=O)C2C3C=C(C(O)(c4ccccc4)c4ccccn4)C(C3=C(c3ccccc3)c3ccccn3)C2C1=O. The van der Waals surface area contributed by atoms with E-state index in [0.29, 0.717) is 33.7 Å².